The fourth-order valence-electron chi connectivity index (χ4n) is 2.59. The van der Waals surface area contributed by atoms with E-state index in [0.717, 1.165) is 21.8 Å². The first kappa shape index (κ1) is 17.1. The van der Waals surface area contributed by atoms with E-state index in [2.05, 4.69) is 31.9 Å². The van der Waals surface area contributed by atoms with Crippen molar-refractivity contribution >= 4 is 47.7 Å². The van der Waals surface area contributed by atoms with Gasteiger partial charge in [-0.25, -0.2) is 12.7 Å². The monoisotopic (exact) mass is 437 g/mol. The Balaban J connectivity index is 2.05. The molecule has 1 aromatic carbocycles. The van der Waals surface area contributed by atoms with E-state index in [0.29, 0.717) is 25.1 Å². The first-order chi connectivity index (χ1) is 9.75. The summed E-state index contributed by atoms with van der Waals surface area (Å²) in [6, 6.07) is 5.47. The Bertz CT molecular complexity index is 625. The molecule has 7 heteroatoms. The summed E-state index contributed by atoms with van der Waals surface area (Å²) in [6.45, 7) is 1.01. The van der Waals surface area contributed by atoms with E-state index >= 15 is 0 Å². The Morgan fingerprint density at radius 2 is 1.90 bits per heavy atom. The van der Waals surface area contributed by atoms with E-state index in [1.54, 1.807) is 12.1 Å². The van der Waals surface area contributed by atoms with Gasteiger partial charge in [-0.2, -0.15) is 0 Å². The van der Waals surface area contributed by atoms with Crippen molar-refractivity contribution < 1.29 is 13.2 Å². The van der Waals surface area contributed by atoms with Gasteiger partial charge in [-0.3, -0.25) is 4.79 Å². The van der Waals surface area contributed by atoms with Gasteiger partial charge in [0.15, 0.2) is 5.78 Å². The van der Waals surface area contributed by atoms with Crippen molar-refractivity contribution in [1.29, 1.82) is 0 Å². The molecule has 2 rings (SSSR count). The molecule has 0 radical (unpaired) electrons. The lowest BCUT2D eigenvalue weighted by Crippen LogP contribution is -2.39. The Labute approximate surface area is 142 Å². The van der Waals surface area contributed by atoms with E-state index < -0.39 is 10.0 Å². The Morgan fingerprint density at radius 1 is 1.29 bits per heavy atom. The van der Waals surface area contributed by atoms with Crippen LogP contribution < -0.4 is 0 Å². The number of hydrogen-bond donors (Lipinski definition) is 0. The van der Waals surface area contributed by atoms with Crippen molar-refractivity contribution in [3.8, 4) is 0 Å². The second-order valence-electron chi connectivity index (χ2n) is 5.41. The van der Waals surface area contributed by atoms with Gasteiger partial charge >= 0.3 is 0 Å². The molecule has 1 aliphatic heterocycles. The highest BCUT2D eigenvalue weighted by molar-refractivity contribution is 9.11. The highest BCUT2D eigenvalue weighted by atomic mass is 79.9. The van der Waals surface area contributed by atoms with Gasteiger partial charge in [-0.05, 0) is 37.0 Å². The molecule has 1 unspecified atom stereocenters. The third-order valence-corrected chi connectivity index (χ3v) is 5.79. The fourth-order valence-corrected chi connectivity index (χ4v) is 4.83. The minimum absolute atomic E-state index is 0.0531. The number of hydrogen-bond acceptors (Lipinski definition) is 3. The van der Waals surface area contributed by atoms with Crippen LogP contribution in [0.4, 0.5) is 0 Å². The van der Waals surface area contributed by atoms with Gasteiger partial charge in [0.2, 0.25) is 10.0 Å². The third-order valence-electron chi connectivity index (χ3n) is 3.61. The van der Waals surface area contributed by atoms with E-state index in [9.17, 15) is 13.2 Å². The topological polar surface area (TPSA) is 54.5 Å². The number of nitrogens with zero attached hydrogens (tertiary/aromatic N) is 1. The lowest BCUT2D eigenvalue weighted by atomic mass is 9.92. The van der Waals surface area contributed by atoms with Gasteiger partial charge in [0.1, 0.15) is 0 Å². The number of benzene rings is 1. The van der Waals surface area contributed by atoms with Gasteiger partial charge in [-0.1, -0.05) is 31.9 Å². The van der Waals surface area contributed by atoms with Crippen molar-refractivity contribution in [3.05, 3.63) is 32.7 Å². The molecule has 116 valence electrons. The average Bonchev–Trinajstić information content (AvgIpc) is 2.37. The maximum atomic E-state index is 12.4. The lowest BCUT2D eigenvalue weighted by molar-refractivity contribution is 0.0942. The number of ketones is 1. The zero-order valence-electron chi connectivity index (χ0n) is 11.7. The van der Waals surface area contributed by atoms with Crippen LogP contribution in [0.3, 0.4) is 0 Å². The number of halogens is 2. The van der Waals surface area contributed by atoms with E-state index in [1.807, 2.05) is 6.07 Å². The van der Waals surface area contributed by atoms with E-state index in [-0.39, 0.29) is 11.7 Å². The molecule has 1 aliphatic rings. The molecule has 1 saturated heterocycles. The number of Topliss-reactive ketones (excluding diaryl/α,β-unsaturated/α-hetero) is 1. The molecule has 1 atom stereocenters. The zero-order chi connectivity index (χ0) is 15.6. The van der Waals surface area contributed by atoms with Crippen LogP contribution in [-0.4, -0.2) is 37.9 Å². The van der Waals surface area contributed by atoms with Gasteiger partial charge in [0, 0.05) is 34.0 Å². The molecule has 0 amide bonds. The molecule has 0 N–H and O–H groups in total. The van der Waals surface area contributed by atoms with Crippen molar-refractivity contribution in [1.82, 2.24) is 4.31 Å². The van der Waals surface area contributed by atoms with Crippen molar-refractivity contribution in [3.63, 3.8) is 0 Å². The zero-order valence-corrected chi connectivity index (χ0v) is 15.7. The molecule has 0 spiro atoms. The van der Waals surface area contributed by atoms with Crippen LogP contribution in [0.25, 0.3) is 0 Å². The smallest absolute Gasteiger partial charge is 0.211 e. The van der Waals surface area contributed by atoms with Crippen LogP contribution >= 0.6 is 31.9 Å². The van der Waals surface area contributed by atoms with Gasteiger partial charge < -0.3 is 0 Å². The van der Waals surface area contributed by atoms with Crippen LogP contribution in [0.5, 0.6) is 0 Å². The maximum Gasteiger partial charge on any atom is 0.211 e. The molecule has 1 aromatic rings. The quantitative estimate of drug-likeness (QED) is 0.676. The predicted octanol–water partition coefficient (Wildman–Crippen LogP) is 3.46. The summed E-state index contributed by atoms with van der Waals surface area (Å²) in [5.74, 6) is 0.149. The first-order valence-electron chi connectivity index (χ1n) is 6.70. The average molecular weight is 439 g/mol. The SMILES string of the molecule is CS(=O)(=O)N1CCCC(CC(=O)c2cc(Br)cc(Br)c2)C1. The summed E-state index contributed by atoms with van der Waals surface area (Å²) in [5, 5.41) is 0. The van der Waals surface area contributed by atoms with Crippen LogP contribution in [-0.2, 0) is 10.0 Å². The van der Waals surface area contributed by atoms with Crippen molar-refractivity contribution in [2.75, 3.05) is 19.3 Å². The largest absolute Gasteiger partial charge is 0.294 e. The molecule has 0 bridgehead atoms. The van der Waals surface area contributed by atoms with Crippen molar-refractivity contribution in [2.45, 2.75) is 19.3 Å². The Hall–Kier alpha value is -0.240. The highest BCUT2D eigenvalue weighted by Crippen LogP contribution is 2.25. The molecule has 0 aliphatic carbocycles. The molecule has 0 aromatic heterocycles. The lowest BCUT2D eigenvalue weighted by Gasteiger charge is -2.30. The standard InChI is InChI=1S/C14H17Br2NO3S/c1-21(19,20)17-4-2-3-10(9-17)5-14(18)11-6-12(15)8-13(16)7-11/h6-8,10H,2-5,9H2,1H3. The van der Waals surface area contributed by atoms with Crippen LogP contribution in [0, 0.1) is 5.92 Å². The molecule has 1 fully saturated rings. The second-order valence-corrected chi connectivity index (χ2v) is 9.23. The van der Waals surface area contributed by atoms with Gasteiger partial charge in [-0.15, -0.1) is 0 Å². The van der Waals surface area contributed by atoms with Gasteiger partial charge in [0.05, 0.1) is 6.26 Å². The van der Waals surface area contributed by atoms with Crippen molar-refractivity contribution in [2.24, 2.45) is 5.92 Å². The molecular formula is C14H17Br2NO3S. The maximum absolute atomic E-state index is 12.4. The predicted molar refractivity (Wildman–Crippen MR) is 89.9 cm³/mol. The molecule has 1 heterocycles. The minimum Gasteiger partial charge on any atom is -0.294 e. The summed E-state index contributed by atoms with van der Waals surface area (Å²) in [6.07, 6.45) is 3.32. The summed E-state index contributed by atoms with van der Waals surface area (Å²) >= 11 is 6.74. The number of carbonyl (C=O) groups is 1. The normalized spacial score (nSPS) is 20.4. The minimum atomic E-state index is -3.17. The Morgan fingerprint density at radius 3 is 2.48 bits per heavy atom. The summed E-state index contributed by atoms with van der Waals surface area (Å²) in [5.41, 5.74) is 0.646. The third kappa shape index (κ3) is 4.87. The van der Waals surface area contributed by atoms with E-state index in [1.165, 1.54) is 10.6 Å². The van der Waals surface area contributed by atoms with Crippen LogP contribution in [0.2, 0.25) is 0 Å². The van der Waals surface area contributed by atoms with Crippen LogP contribution in [0.15, 0.2) is 27.1 Å². The molecular weight excluding hydrogens is 422 g/mol. The molecule has 21 heavy (non-hydrogen) atoms. The fraction of sp³-hybridized carbons (Fsp3) is 0.500. The van der Waals surface area contributed by atoms with E-state index in [4.69, 9.17) is 0 Å². The molecule has 4 nitrogen and oxygen atoms in total. The van der Waals surface area contributed by atoms with Crippen LogP contribution in [0.1, 0.15) is 29.6 Å². The second kappa shape index (κ2) is 6.89. The van der Waals surface area contributed by atoms with Gasteiger partial charge in [0.25, 0.3) is 0 Å². The summed E-state index contributed by atoms with van der Waals surface area (Å²) in [7, 11) is -3.17. The number of sulfonamides is 1. The highest BCUT2D eigenvalue weighted by Gasteiger charge is 2.27. The molecule has 0 saturated carbocycles. The number of rotatable bonds is 4. The summed E-state index contributed by atoms with van der Waals surface area (Å²) in [4.78, 5) is 12.4. The Kier molecular flexibility index (Phi) is 5.62. The summed E-state index contributed by atoms with van der Waals surface area (Å²) < 4.78 is 26.4. The number of carbonyl (C=O) groups excluding carboxylic acids is 1. The first-order valence-corrected chi connectivity index (χ1v) is 10.1. The number of piperidine rings is 1.